The number of nitrogens with zero attached hydrogens (tertiary/aromatic N) is 1. The highest BCUT2D eigenvalue weighted by Crippen LogP contribution is 2.09. The van der Waals surface area contributed by atoms with Crippen molar-refractivity contribution >= 4 is 12.6 Å². The predicted molar refractivity (Wildman–Crippen MR) is 56.8 cm³/mol. The summed E-state index contributed by atoms with van der Waals surface area (Å²) in [5, 5.41) is 8.69. The SMILES string of the molecule is CCCC(CS)CN(C)CCO. The lowest BCUT2D eigenvalue weighted by Crippen LogP contribution is -2.29. The fraction of sp³-hybridized carbons (Fsp3) is 1.00. The van der Waals surface area contributed by atoms with Crippen LogP contribution in [-0.2, 0) is 0 Å². The van der Waals surface area contributed by atoms with Gasteiger partial charge in [0.2, 0.25) is 0 Å². The Hall–Kier alpha value is 0.270. The Morgan fingerprint density at radius 3 is 2.58 bits per heavy atom. The van der Waals surface area contributed by atoms with Crippen molar-refractivity contribution in [1.29, 1.82) is 0 Å². The van der Waals surface area contributed by atoms with Crippen LogP contribution in [0.25, 0.3) is 0 Å². The van der Waals surface area contributed by atoms with E-state index in [1.807, 2.05) is 7.05 Å². The molecular formula is C9H21NOS. The van der Waals surface area contributed by atoms with Crippen molar-refractivity contribution in [3.63, 3.8) is 0 Å². The van der Waals surface area contributed by atoms with E-state index in [1.165, 1.54) is 12.8 Å². The minimum atomic E-state index is 0.252. The molecule has 3 heteroatoms. The van der Waals surface area contributed by atoms with Crippen LogP contribution in [0.1, 0.15) is 19.8 Å². The van der Waals surface area contributed by atoms with E-state index in [1.54, 1.807) is 0 Å². The van der Waals surface area contributed by atoms with Crippen LogP contribution in [0.4, 0.5) is 0 Å². The molecule has 0 amide bonds. The molecule has 0 saturated carbocycles. The van der Waals surface area contributed by atoms with Gasteiger partial charge in [0.25, 0.3) is 0 Å². The molecule has 0 aliphatic heterocycles. The Balaban J connectivity index is 3.53. The molecule has 0 saturated heterocycles. The first-order valence-electron chi connectivity index (χ1n) is 4.64. The van der Waals surface area contributed by atoms with E-state index in [0.29, 0.717) is 5.92 Å². The van der Waals surface area contributed by atoms with E-state index < -0.39 is 0 Å². The number of hydrogen-bond acceptors (Lipinski definition) is 3. The molecule has 0 aromatic heterocycles. The van der Waals surface area contributed by atoms with Crippen LogP contribution in [0.5, 0.6) is 0 Å². The van der Waals surface area contributed by atoms with E-state index in [4.69, 9.17) is 5.11 Å². The fourth-order valence-electron chi connectivity index (χ4n) is 1.35. The van der Waals surface area contributed by atoms with Gasteiger partial charge in [-0.3, -0.25) is 0 Å². The molecule has 0 aromatic carbocycles. The van der Waals surface area contributed by atoms with Crippen molar-refractivity contribution in [2.75, 3.05) is 32.5 Å². The Morgan fingerprint density at radius 1 is 1.50 bits per heavy atom. The van der Waals surface area contributed by atoms with Crippen LogP contribution in [0, 0.1) is 5.92 Å². The molecule has 0 spiro atoms. The summed E-state index contributed by atoms with van der Waals surface area (Å²) in [6.45, 7) is 4.27. The first kappa shape index (κ1) is 12.3. The zero-order valence-corrected chi connectivity index (χ0v) is 9.06. The second kappa shape index (κ2) is 7.90. The molecule has 1 atom stereocenters. The Labute approximate surface area is 81.4 Å². The number of likely N-dealkylation sites (N-methyl/N-ethyl adjacent to an activating group) is 1. The summed E-state index contributed by atoms with van der Waals surface area (Å²) in [5.41, 5.74) is 0. The van der Waals surface area contributed by atoms with Gasteiger partial charge in [0.05, 0.1) is 6.61 Å². The van der Waals surface area contributed by atoms with Crippen LogP contribution < -0.4 is 0 Å². The lowest BCUT2D eigenvalue weighted by Gasteiger charge is -2.21. The average Bonchev–Trinajstić information content (AvgIpc) is 2.04. The molecule has 0 radical (unpaired) electrons. The maximum absolute atomic E-state index is 8.69. The molecule has 0 fully saturated rings. The van der Waals surface area contributed by atoms with Gasteiger partial charge in [-0.25, -0.2) is 0 Å². The summed E-state index contributed by atoms with van der Waals surface area (Å²) in [4.78, 5) is 2.16. The molecule has 0 heterocycles. The highest BCUT2D eigenvalue weighted by molar-refractivity contribution is 7.80. The molecule has 0 aliphatic carbocycles. The van der Waals surface area contributed by atoms with Crippen molar-refractivity contribution in [3.05, 3.63) is 0 Å². The third kappa shape index (κ3) is 5.86. The van der Waals surface area contributed by atoms with Gasteiger partial charge in [-0.2, -0.15) is 12.6 Å². The van der Waals surface area contributed by atoms with Crippen LogP contribution in [0.2, 0.25) is 0 Å². The van der Waals surface area contributed by atoms with Gasteiger partial charge in [-0.1, -0.05) is 13.3 Å². The topological polar surface area (TPSA) is 23.5 Å². The van der Waals surface area contributed by atoms with Crippen LogP contribution in [-0.4, -0.2) is 42.5 Å². The number of thiol groups is 1. The summed E-state index contributed by atoms with van der Waals surface area (Å²) in [6, 6.07) is 0. The third-order valence-corrected chi connectivity index (χ3v) is 2.52. The largest absolute Gasteiger partial charge is 0.395 e. The van der Waals surface area contributed by atoms with Crippen molar-refractivity contribution in [1.82, 2.24) is 4.90 Å². The van der Waals surface area contributed by atoms with E-state index in [2.05, 4.69) is 24.5 Å². The van der Waals surface area contributed by atoms with E-state index in [0.717, 1.165) is 18.8 Å². The van der Waals surface area contributed by atoms with Gasteiger partial charge in [0.15, 0.2) is 0 Å². The number of rotatable bonds is 7. The van der Waals surface area contributed by atoms with E-state index >= 15 is 0 Å². The van der Waals surface area contributed by atoms with E-state index in [-0.39, 0.29) is 6.61 Å². The molecular weight excluding hydrogens is 170 g/mol. The van der Waals surface area contributed by atoms with Crippen LogP contribution >= 0.6 is 12.6 Å². The van der Waals surface area contributed by atoms with Crippen molar-refractivity contribution in [2.45, 2.75) is 19.8 Å². The highest BCUT2D eigenvalue weighted by atomic mass is 32.1. The average molecular weight is 191 g/mol. The van der Waals surface area contributed by atoms with Gasteiger partial charge in [0, 0.05) is 13.1 Å². The number of aliphatic hydroxyl groups is 1. The molecule has 74 valence electrons. The van der Waals surface area contributed by atoms with Crippen molar-refractivity contribution in [3.8, 4) is 0 Å². The quantitative estimate of drug-likeness (QED) is 0.592. The number of hydrogen-bond donors (Lipinski definition) is 2. The van der Waals surface area contributed by atoms with Crippen molar-refractivity contribution < 1.29 is 5.11 Å². The molecule has 1 N–H and O–H groups in total. The predicted octanol–water partition coefficient (Wildman–Crippen LogP) is 1.26. The van der Waals surface area contributed by atoms with Gasteiger partial charge < -0.3 is 10.0 Å². The lowest BCUT2D eigenvalue weighted by atomic mass is 10.1. The smallest absolute Gasteiger partial charge is 0.0558 e. The normalized spacial score (nSPS) is 13.8. The van der Waals surface area contributed by atoms with Gasteiger partial charge in [0.1, 0.15) is 0 Å². The third-order valence-electron chi connectivity index (χ3n) is 2.01. The van der Waals surface area contributed by atoms with Crippen LogP contribution in [0.15, 0.2) is 0 Å². The van der Waals surface area contributed by atoms with Gasteiger partial charge in [-0.05, 0) is 25.1 Å². The molecule has 0 rings (SSSR count). The maximum Gasteiger partial charge on any atom is 0.0558 e. The highest BCUT2D eigenvalue weighted by Gasteiger charge is 2.08. The Kier molecular flexibility index (Phi) is 8.07. The Morgan fingerprint density at radius 2 is 2.17 bits per heavy atom. The fourth-order valence-corrected chi connectivity index (χ4v) is 1.65. The first-order valence-corrected chi connectivity index (χ1v) is 5.28. The van der Waals surface area contributed by atoms with Crippen LogP contribution in [0.3, 0.4) is 0 Å². The summed E-state index contributed by atoms with van der Waals surface area (Å²) in [6.07, 6.45) is 2.46. The second-order valence-corrected chi connectivity index (χ2v) is 3.69. The monoisotopic (exact) mass is 191 g/mol. The number of aliphatic hydroxyl groups excluding tert-OH is 1. The standard InChI is InChI=1S/C9H21NOS/c1-3-4-9(8-12)7-10(2)5-6-11/h9,11-12H,3-8H2,1-2H3. The summed E-state index contributed by atoms with van der Waals surface area (Å²) in [5.74, 6) is 1.62. The minimum Gasteiger partial charge on any atom is -0.395 e. The summed E-state index contributed by atoms with van der Waals surface area (Å²) >= 11 is 4.30. The molecule has 1 unspecified atom stereocenters. The Bertz CT molecular complexity index is 101. The lowest BCUT2D eigenvalue weighted by molar-refractivity contribution is 0.204. The summed E-state index contributed by atoms with van der Waals surface area (Å²) < 4.78 is 0. The van der Waals surface area contributed by atoms with Gasteiger partial charge in [-0.15, -0.1) is 0 Å². The second-order valence-electron chi connectivity index (χ2n) is 3.32. The molecule has 0 aromatic rings. The summed E-state index contributed by atoms with van der Waals surface area (Å²) in [7, 11) is 2.04. The van der Waals surface area contributed by atoms with Crippen molar-refractivity contribution in [2.24, 2.45) is 5.92 Å². The zero-order valence-electron chi connectivity index (χ0n) is 8.16. The molecule has 0 aliphatic rings. The zero-order chi connectivity index (χ0) is 9.40. The van der Waals surface area contributed by atoms with Gasteiger partial charge >= 0.3 is 0 Å². The molecule has 0 bridgehead atoms. The minimum absolute atomic E-state index is 0.252. The van der Waals surface area contributed by atoms with E-state index in [9.17, 15) is 0 Å². The maximum atomic E-state index is 8.69. The molecule has 12 heavy (non-hydrogen) atoms. The molecule has 2 nitrogen and oxygen atoms in total. The first-order chi connectivity index (χ1) is 5.74.